The molecule has 1 N–H and O–H groups in total. The van der Waals surface area contributed by atoms with Gasteiger partial charge in [0, 0.05) is 19.5 Å². The molecule has 12 heteroatoms. The quantitative estimate of drug-likeness (QED) is 0.247. The Labute approximate surface area is 255 Å². The molecule has 2 amide bonds. The predicted octanol–water partition coefficient (Wildman–Crippen LogP) is 5.96. The summed E-state index contributed by atoms with van der Waals surface area (Å²) in [6.07, 6.45) is 1.09. The lowest BCUT2D eigenvalue weighted by atomic mass is 10.0. The summed E-state index contributed by atoms with van der Waals surface area (Å²) >= 11 is 18.5. The molecule has 0 radical (unpaired) electrons. The third-order valence-corrected chi connectivity index (χ3v) is 8.31. The van der Waals surface area contributed by atoms with Crippen LogP contribution >= 0.6 is 34.8 Å². The van der Waals surface area contributed by atoms with Gasteiger partial charge in [0.2, 0.25) is 21.8 Å². The van der Waals surface area contributed by atoms with Crippen molar-refractivity contribution in [2.75, 3.05) is 23.7 Å². The van der Waals surface area contributed by atoms with E-state index in [2.05, 4.69) is 5.32 Å². The van der Waals surface area contributed by atoms with E-state index in [-0.39, 0.29) is 39.6 Å². The molecule has 0 bridgehead atoms. The van der Waals surface area contributed by atoms with Gasteiger partial charge in [-0.15, -0.1) is 0 Å². The molecular formula is C29H31Cl3FN3O4S. The Bertz CT molecular complexity index is 1470. The molecule has 7 nitrogen and oxygen atoms in total. The summed E-state index contributed by atoms with van der Waals surface area (Å²) in [5.41, 5.74) is 1.30. The highest BCUT2D eigenvalue weighted by molar-refractivity contribution is 7.92. The summed E-state index contributed by atoms with van der Waals surface area (Å²) in [7, 11) is -4.05. The first-order chi connectivity index (χ1) is 19.3. The number of rotatable bonds is 12. The maximum absolute atomic E-state index is 14.0. The van der Waals surface area contributed by atoms with Crippen molar-refractivity contribution in [3.8, 4) is 0 Å². The van der Waals surface area contributed by atoms with Crippen LogP contribution in [0.25, 0.3) is 0 Å². The molecule has 41 heavy (non-hydrogen) atoms. The van der Waals surface area contributed by atoms with E-state index in [0.717, 1.165) is 16.1 Å². The van der Waals surface area contributed by atoms with Crippen LogP contribution in [0.4, 0.5) is 10.1 Å². The smallest absolute Gasteiger partial charge is 0.244 e. The highest BCUT2D eigenvalue weighted by Gasteiger charge is 2.33. The van der Waals surface area contributed by atoms with E-state index in [9.17, 15) is 22.4 Å². The van der Waals surface area contributed by atoms with E-state index in [0.29, 0.717) is 12.1 Å². The van der Waals surface area contributed by atoms with Crippen LogP contribution in [0, 0.1) is 11.7 Å². The highest BCUT2D eigenvalue weighted by atomic mass is 35.5. The number of carbonyl (C=O) groups excluding carboxylic acids is 2. The summed E-state index contributed by atoms with van der Waals surface area (Å²) in [6.45, 7) is 3.49. The first-order valence-electron chi connectivity index (χ1n) is 12.7. The first kappa shape index (κ1) is 32.7. The van der Waals surface area contributed by atoms with Crippen molar-refractivity contribution in [3.05, 3.63) is 98.7 Å². The molecule has 0 aliphatic heterocycles. The van der Waals surface area contributed by atoms with Crippen LogP contribution in [0.2, 0.25) is 15.1 Å². The van der Waals surface area contributed by atoms with Crippen molar-refractivity contribution in [1.82, 2.24) is 10.2 Å². The van der Waals surface area contributed by atoms with Gasteiger partial charge in [-0.2, -0.15) is 0 Å². The number of benzene rings is 3. The van der Waals surface area contributed by atoms with Gasteiger partial charge < -0.3 is 10.2 Å². The lowest BCUT2D eigenvalue weighted by Gasteiger charge is -2.34. The van der Waals surface area contributed by atoms with Crippen LogP contribution in [0.15, 0.2) is 66.7 Å². The van der Waals surface area contributed by atoms with Gasteiger partial charge in [-0.3, -0.25) is 13.9 Å². The van der Waals surface area contributed by atoms with Crippen molar-refractivity contribution in [2.45, 2.75) is 32.9 Å². The fraction of sp³-hybridized carbons (Fsp3) is 0.310. The second-order valence-electron chi connectivity index (χ2n) is 9.98. The Morgan fingerprint density at radius 3 is 2.10 bits per heavy atom. The average Bonchev–Trinajstić information content (AvgIpc) is 2.91. The van der Waals surface area contributed by atoms with Crippen LogP contribution in [0.3, 0.4) is 0 Å². The molecule has 3 aromatic carbocycles. The van der Waals surface area contributed by atoms with Crippen LogP contribution in [-0.4, -0.2) is 50.5 Å². The summed E-state index contributed by atoms with van der Waals surface area (Å²) in [5.74, 6) is -1.39. The summed E-state index contributed by atoms with van der Waals surface area (Å²) in [4.78, 5) is 28.9. The molecule has 0 aliphatic rings. The average molecular weight is 643 g/mol. The van der Waals surface area contributed by atoms with Crippen molar-refractivity contribution in [1.29, 1.82) is 0 Å². The van der Waals surface area contributed by atoms with Crippen LogP contribution in [0.1, 0.15) is 25.0 Å². The molecule has 0 spiro atoms. The van der Waals surface area contributed by atoms with E-state index >= 15 is 0 Å². The number of hydrogen-bond acceptors (Lipinski definition) is 4. The summed E-state index contributed by atoms with van der Waals surface area (Å²) < 4.78 is 40.3. The predicted molar refractivity (Wildman–Crippen MR) is 162 cm³/mol. The molecule has 3 aromatic rings. The molecule has 0 aromatic heterocycles. The van der Waals surface area contributed by atoms with Gasteiger partial charge in [-0.05, 0) is 41.3 Å². The Morgan fingerprint density at radius 1 is 0.902 bits per heavy atom. The standard InChI is InChI=1S/C29H31Cl3FN3O4S/c1-19(2)16-34-29(38)27(13-20-7-5-4-6-8-20)35(17-21-9-11-22(33)12-10-21)28(37)18-36(41(3,39)40)26-15-24(31)23(30)14-25(26)32/h4-12,14-15,19,27H,13,16-18H2,1-3H3,(H,34,38)/t27-/m0/s1. The third kappa shape index (κ3) is 9.33. The van der Waals surface area contributed by atoms with Gasteiger partial charge >= 0.3 is 0 Å². The minimum atomic E-state index is -4.05. The van der Waals surface area contributed by atoms with E-state index in [4.69, 9.17) is 34.8 Å². The second-order valence-corrected chi connectivity index (χ2v) is 13.1. The lowest BCUT2D eigenvalue weighted by Crippen LogP contribution is -2.53. The Hall–Kier alpha value is -2.85. The number of halogens is 4. The SMILES string of the molecule is CC(C)CNC(=O)[C@H](Cc1ccccc1)N(Cc1ccc(F)cc1)C(=O)CN(c1cc(Cl)c(Cl)cc1Cl)S(C)(=O)=O. The van der Waals surface area contributed by atoms with Crippen molar-refractivity contribution in [2.24, 2.45) is 5.92 Å². The minimum absolute atomic E-state index is 0.0294. The fourth-order valence-corrected chi connectivity index (χ4v) is 5.61. The zero-order valence-corrected chi connectivity index (χ0v) is 25.9. The van der Waals surface area contributed by atoms with Gasteiger partial charge in [0.25, 0.3) is 0 Å². The monoisotopic (exact) mass is 641 g/mol. The van der Waals surface area contributed by atoms with Crippen molar-refractivity contribution in [3.63, 3.8) is 0 Å². The lowest BCUT2D eigenvalue weighted by molar-refractivity contribution is -0.140. The molecule has 0 saturated heterocycles. The second kappa shape index (κ2) is 14.4. The van der Waals surface area contributed by atoms with E-state index in [1.165, 1.54) is 41.3 Å². The number of hydrogen-bond donors (Lipinski definition) is 1. The molecule has 220 valence electrons. The molecule has 3 rings (SSSR count). The van der Waals surface area contributed by atoms with Gasteiger partial charge in [-0.1, -0.05) is 91.1 Å². The molecule has 0 fully saturated rings. The Kier molecular flexibility index (Phi) is 11.4. The van der Waals surface area contributed by atoms with E-state index in [1.807, 2.05) is 44.2 Å². The molecule has 0 unspecified atom stereocenters. The van der Waals surface area contributed by atoms with Gasteiger partial charge in [0.1, 0.15) is 18.4 Å². The van der Waals surface area contributed by atoms with Crippen molar-refractivity contribution >= 4 is 62.3 Å². The molecule has 0 aliphatic carbocycles. The Morgan fingerprint density at radius 2 is 1.51 bits per heavy atom. The fourth-order valence-electron chi connectivity index (χ4n) is 4.06. The van der Waals surface area contributed by atoms with Gasteiger partial charge in [0.15, 0.2) is 0 Å². The largest absolute Gasteiger partial charge is 0.354 e. The maximum atomic E-state index is 14.0. The van der Waals surface area contributed by atoms with Crippen LogP contribution in [0.5, 0.6) is 0 Å². The maximum Gasteiger partial charge on any atom is 0.244 e. The minimum Gasteiger partial charge on any atom is -0.354 e. The zero-order chi connectivity index (χ0) is 30.3. The molecular weight excluding hydrogens is 612 g/mol. The third-order valence-electron chi connectivity index (χ3n) is 6.16. The summed E-state index contributed by atoms with van der Waals surface area (Å²) in [6, 6.07) is 16.2. The van der Waals surface area contributed by atoms with Crippen LogP contribution in [-0.2, 0) is 32.6 Å². The zero-order valence-electron chi connectivity index (χ0n) is 22.8. The Balaban J connectivity index is 2.08. The number of sulfonamides is 1. The number of nitrogens with one attached hydrogen (secondary N) is 1. The molecule has 0 saturated carbocycles. The van der Waals surface area contributed by atoms with E-state index in [1.54, 1.807) is 0 Å². The van der Waals surface area contributed by atoms with Gasteiger partial charge in [0.05, 0.1) is 27.0 Å². The normalized spacial score (nSPS) is 12.2. The highest BCUT2D eigenvalue weighted by Crippen LogP contribution is 2.35. The van der Waals surface area contributed by atoms with Crippen LogP contribution < -0.4 is 9.62 Å². The van der Waals surface area contributed by atoms with E-state index < -0.39 is 40.2 Å². The molecule has 1 atom stereocenters. The number of amides is 2. The van der Waals surface area contributed by atoms with Gasteiger partial charge in [-0.25, -0.2) is 12.8 Å². The topological polar surface area (TPSA) is 86.8 Å². The number of anilines is 1. The summed E-state index contributed by atoms with van der Waals surface area (Å²) in [5, 5.41) is 3.02. The first-order valence-corrected chi connectivity index (χ1v) is 15.7. The molecule has 0 heterocycles. The number of carbonyl (C=O) groups is 2. The van der Waals surface area contributed by atoms with Crippen molar-refractivity contribution < 1.29 is 22.4 Å². The number of nitrogens with zero attached hydrogens (tertiary/aromatic N) is 2.